The molecule has 4 saturated carbocycles. The molecule has 4 aliphatic carbocycles. The molecule has 0 radical (unpaired) electrons. The molecule has 1 heterocycles. The first-order chi connectivity index (χ1) is 12.5. The molecule has 1 aliphatic heterocycles. The highest BCUT2D eigenvalue weighted by atomic mass is 79.9. The summed E-state index contributed by atoms with van der Waals surface area (Å²) in [6, 6.07) is 5.54. The van der Waals surface area contributed by atoms with Crippen LogP contribution < -0.4 is 19.5 Å². The molecule has 1 aromatic carbocycles. The number of carbonyl (C=O) groups excluding carboxylic acids is 1. The Bertz CT molecular complexity index is 723. The zero-order chi connectivity index (χ0) is 17.8. The van der Waals surface area contributed by atoms with Crippen LogP contribution in [0.2, 0.25) is 0 Å². The summed E-state index contributed by atoms with van der Waals surface area (Å²) in [4.78, 5) is 13.0. The lowest BCUT2D eigenvalue weighted by Crippen LogP contribution is -2.58. The van der Waals surface area contributed by atoms with E-state index in [-0.39, 0.29) is 22.4 Å². The van der Waals surface area contributed by atoms with Gasteiger partial charge in [0, 0.05) is 10.4 Å². The van der Waals surface area contributed by atoms with Crippen LogP contribution in [0.5, 0.6) is 17.2 Å². The third-order valence-corrected chi connectivity index (χ3v) is 7.40. The summed E-state index contributed by atoms with van der Waals surface area (Å²) in [6.45, 7) is 1.24. The Morgan fingerprint density at radius 3 is 2.73 bits per heavy atom. The first kappa shape index (κ1) is 16.7. The van der Waals surface area contributed by atoms with E-state index in [9.17, 15) is 4.79 Å². The van der Waals surface area contributed by atoms with Gasteiger partial charge in [-0.05, 0) is 62.5 Å². The van der Waals surface area contributed by atoms with Crippen LogP contribution in [0.15, 0.2) is 18.2 Å². The highest BCUT2D eigenvalue weighted by Gasteiger charge is 2.59. The van der Waals surface area contributed by atoms with Crippen LogP contribution in [-0.4, -0.2) is 30.2 Å². The Hall–Kier alpha value is -1.43. The minimum Gasteiger partial charge on any atom is -0.492 e. The van der Waals surface area contributed by atoms with E-state index in [0.717, 1.165) is 30.8 Å². The molecule has 1 N–H and O–H groups in total. The van der Waals surface area contributed by atoms with Gasteiger partial charge in [-0.25, -0.2) is 0 Å². The highest BCUT2D eigenvalue weighted by molar-refractivity contribution is 9.10. The van der Waals surface area contributed by atoms with Crippen molar-refractivity contribution in [1.29, 1.82) is 0 Å². The van der Waals surface area contributed by atoms with Gasteiger partial charge < -0.3 is 19.5 Å². The summed E-state index contributed by atoms with van der Waals surface area (Å²) < 4.78 is 16.6. The van der Waals surface area contributed by atoms with E-state index in [1.807, 2.05) is 18.2 Å². The second-order valence-corrected chi connectivity index (χ2v) is 10.2. The smallest absolute Gasteiger partial charge is 0.231 e. The minimum atomic E-state index is -0.160. The van der Waals surface area contributed by atoms with Crippen molar-refractivity contribution in [2.75, 3.05) is 19.9 Å². The number of hydrogen-bond donors (Lipinski definition) is 1. The number of fused-ring (bicyclic) bond motifs is 1. The number of hydrogen-bond acceptors (Lipinski definition) is 4. The van der Waals surface area contributed by atoms with Crippen LogP contribution in [0, 0.1) is 17.3 Å². The second-order valence-electron chi connectivity index (χ2n) is 8.51. The largest absolute Gasteiger partial charge is 0.492 e. The van der Waals surface area contributed by atoms with E-state index in [4.69, 9.17) is 14.2 Å². The lowest BCUT2D eigenvalue weighted by Gasteiger charge is -2.59. The predicted molar refractivity (Wildman–Crippen MR) is 99.8 cm³/mol. The molecule has 1 aromatic rings. The maximum absolute atomic E-state index is 13.0. The lowest BCUT2D eigenvalue weighted by atomic mass is 9.49. The van der Waals surface area contributed by atoms with Gasteiger partial charge in [0.2, 0.25) is 12.7 Å². The fourth-order valence-electron chi connectivity index (χ4n) is 5.90. The monoisotopic (exact) mass is 421 g/mol. The van der Waals surface area contributed by atoms with Gasteiger partial charge in [-0.2, -0.15) is 0 Å². The van der Waals surface area contributed by atoms with Crippen LogP contribution in [-0.2, 0) is 4.79 Å². The molecule has 1 amide bonds. The van der Waals surface area contributed by atoms with Crippen molar-refractivity contribution in [1.82, 2.24) is 5.32 Å². The van der Waals surface area contributed by atoms with Crippen LogP contribution >= 0.6 is 15.9 Å². The van der Waals surface area contributed by atoms with Crippen LogP contribution in [0.3, 0.4) is 0 Å². The Morgan fingerprint density at radius 2 is 1.96 bits per heavy atom. The molecule has 5 aliphatic rings. The van der Waals surface area contributed by atoms with Gasteiger partial charge in [0.05, 0.1) is 12.0 Å². The molecule has 6 rings (SSSR count). The van der Waals surface area contributed by atoms with E-state index in [1.54, 1.807) is 0 Å². The Balaban J connectivity index is 1.16. The molecule has 5 nitrogen and oxygen atoms in total. The fraction of sp³-hybridized carbons (Fsp3) is 0.650. The predicted octanol–water partition coefficient (Wildman–Crippen LogP) is 3.64. The van der Waals surface area contributed by atoms with Gasteiger partial charge in [-0.15, -0.1) is 0 Å². The molecule has 6 heteroatoms. The van der Waals surface area contributed by atoms with Gasteiger partial charge in [0.1, 0.15) is 12.4 Å². The van der Waals surface area contributed by atoms with E-state index in [2.05, 4.69) is 21.2 Å². The third-order valence-electron chi connectivity index (χ3n) is 6.47. The summed E-state index contributed by atoms with van der Waals surface area (Å²) in [5, 5.41) is 3.14. The summed E-state index contributed by atoms with van der Waals surface area (Å²) in [5.74, 6) is 3.85. The Labute approximate surface area is 161 Å². The number of amides is 1. The maximum atomic E-state index is 13.0. The molecule has 0 spiro atoms. The van der Waals surface area contributed by atoms with E-state index in [1.165, 1.54) is 19.3 Å². The lowest BCUT2D eigenvalue weighted by molar-refractivity contribution is -0.144. The van der Waals surface area contributed by atoms with Gasteiger partial charge in [0.15, 0.2) is 11.5 Å². The molecule has 4 fully saturated rings. The number of halogens is 1. The number of carbonyl (C=O) groups is 1. The van der Waals surface area contributed by atoms with Crippen LogP contribution in [0.1, 0.15) is 38.5 Å². The van der Waals surface area contributed by atoms with Gasteiger partial charge in [-0.3, -0.25) is 4.79 Å². The molecule has 26 heavy (non-hydrogen) atoms. The van der Waals surface area contributed by atoms with Crippen LogP contribution in [0.4, 0.5) is 0 Å². The van der Waals surface area contributed by atoms with Gasteiger partial charge in [-0.1, -0.05) is 15.9 Å². The first-order valence-electron chi connectivity index (χ1n) is 9.53. The summed E-state index contributed by atoms with van der Waals surface area (Å²) in [7, 11) is 0. The van der Waals surface area contributed by atoms with Crippen molar-refractivity contribution in [3.8, 4) is 17.2 Å². The van der Waals surface area contributed by atoms with Crippen molar-refractivity contribution in [2.24, 2.45) is 17.3 Å². The summed E-state index contributed by atoms with van der Waals surface area (Å²) in [5.41, 5.74) is -0.160. The zero-order valence-corrected chi connectivity index (χ0v) is 16.3. The highest BCUT2D eigenvalue weighted by Crippen LogP contribution is 2.64. The van der Waals surface area contributed by atoms with Crippen LogP contribution in [0.25, 0.3) is 0 Å². The molecular weight excluding hydrogens is 398 g/mol. The topological polar surface area (TPSA) is 56.8 Å². The quantitative estimate of drug-likeness (QED) is 0.582. The van der Waals surface area contributed by atoms with E-state index < -0.39 is 0 Å². The van der Waals surface area contributed by atoms with Gasteiger partial charge >= 0.3 is 0 Å². The zero-order valence-electron chi connectivity index (χ0n) is 14.8. The second kappa shape index (κ2) is 6.04. The molecule has 2 atom stereocenters. The molecule has 4 bridgehead atoms. The molecular formula is C20H24BrNO4. The SMILES string of the molecule is O=C(NCCOc1ccc2c(c1)OCO2)C12CC3CC(CC(Br)(C3)C1)C2. The third kappa shape index (κ3) is 2.86. The van der Waals surface area contributed by atoms with Crippen molar-refractivity contribution in [3.05, 3.63) is 18.2 Å². The Morgan fingerprint density at radius 1 is 1.19 bits per heavy atom. The van der Waals surface area contributed by atoms with Gasteiger partial charge in [0.25, 0.3) is 0 Å². The molecule has 0 aromatic heterocycles. The van der Waals surface area contributed by atoms with Crippen molar-refractivity contribution >= 4 is 21.8 Å². The fourth-order valence-corrected chi connectivity index (χ4v) is 7.36. The minimum absolute atomic E-state index is 0.160. The molecule has 140 valence electrons. The maximum Gasteiger partial charge on any atom is 0.231 e. The first-order valence-corrected chi connectivity index (χ1v) is 10.3. The standard InChI is InChI=1S/C20H24BrNO4/c21-20-9-13-5-14(10-20)8-19(7-13,11-20)18(23)22-3-4-24-15-1-2-16-17(6-15)26-12-25-16/h1-2,6,13-14H,3-5,7-12H2,(H,22,23). The van der Waals surface area contributed by atoms with Crippen molar-refractivity contribution < 1.29 is 19.0 Å². The molecule has 0 saturated heterocycles. The number of benzene rings is 1. The average Bonchev–Trinajstić information content (AvgIpc) is 3.04. The normalized spacial score (nSPS) is 36.2. The molecule has 2 unspecified atom stereocenters. The number of alkyl halides is 1. The van der Waals surface area contributed by atoms with Crippen molar-refractivity contribution in [2.45, 2.75) is 42.8 Å². The van der Waals surface area contributed by atoms with E-state index in [0.29, 0.717) is 30.7 Å². The number of ether oxygens (including phenoxy) is 3. The van der Waals surface area contributed by atoms with E-state index >= 15 is 0 Å². The average molecular weight is 422 g/mol. The Kier molecular flexibility index (Phi) is 3.89. The summed E-state index contributed by atoms with van der Waals surface area (Å²) in [6.07, 6.45) is 6.91. The number of nitrogens with one attached hydrogen (secondary N) is 1. The summed E-state index contributed by atoms with van der Waals surface area (Å²) >= 11 is 3.97. The number of rotatable bonds is 5. The van der Waals surface area contributed by atoms with Crippen molar-refractivity contribution in [3.63, 3.8) is 0 Å².